The second-order valence-electron chi connectivity index (χ2n) is 18.0. The van der Waals surface area contributed by atoms with Gasteiger partial charge in [-0.25, -0.2) is 18.4 Å². The topological polar surface area (TPSA) is 122 Å². The molecular formula is C39H56N6O4S. The molecule has 4 heterocycles. The maximum Gasteiger partial charge on any atom is 0.245 e. The van der Waals surface area contributed by atoms with Crippen molar-refractivity contribution in [1.82, 2.24) is 30.2 Å². The highest BCUT2D eigenvalue weighted by Crippen LogP contribution is 2.75. The van der Waals surface area contributed by atoms with Gasteiger partial charge < -0.3 is 9.15 Å². The normalized spacial score (nSPS) is 36.0. The summed E-state index contributed by atoms with van der Waals surface area (Å²) in [6, 6.07) is 8.51. The Morgan fingerprint density at radius 2 is 1.82 bits per heavy atom. The van der Waals surface area contributed by atoms with Crippen LogP contribution in [0.15, 0.2) is 34.9 Å². The molecule has 3 aromatic rings. The number of hydrogen-bond acceptors (Lipinski definition) is 9. The molecule has 6 fully saturated rings. The Labute approximate surface area is 298 Å². The smallest absolute Gasteiger partial charge is 0.245 e. The van der Waals surface area contributed by atoms with Crippen LogP contribution in [0.3, 0.4) is 0 Å². The number of benzene rings is 1. The van der Waals surface area contributed by atoms with Gasteiger partial charge in [0.2, 0.25) is 15.7 Å². The van der Waals surface area contributed by atoms with E-state index in [0.717, 1.165) is 42.8 Å². The van der Waals surface area contributed by atoms with Gasteiger partial charge in [0.25, 0.3) is 0 Å². The van der Waals surface area contributed by atoms with Crippen molar-refractivity contribution in [3.8, 4) is 0 Å². The van der Waals surface area contributed by atoms with E-state index in [1.807, 2.05) is 12.3 Å². The fraction of sp³-hybridized carbons (Fsp3) is 0.692. The SMILES string of the molecule is Cc1cccc(C)c1C1CC2NC(N1)NS(=O)(=O)C1CCCC(C1)CN(Cc1cnc3oc(C(C)(C)C)cc3n1)[C@H](CC13CC(C)(C1)C3)CO2. The number of nitrogens with one attached hydrogen (secondary N) is 3. The third-order valence-corrected chi connectivity index (χ3v) is 14.4. The van der Waals surface area contributed by atoms with Gasteiger partial charge in [0.05, 0.1) is 23.7 Å². The van der Waals surface area contributed by atoms with E-state index in [4.69, 9.17) is 19.1 Å². The van der Waals surface area contributed by atoms with Crippen LogP contribution in [0.1, 0.15) is 120 Å². The zero-order valence-corrected chi connectivity index (χ0v) is 31.5. The highest BCUT2D eigenvalue weighted by atomic mass is 32.2. The summed E-state index contributed by atoms with van der Waals surface area (Å²) in [7, 11) is -3.60. The number of aromatic nitrogens is 2. The van der Waals surface area contributed by atoms with Crippen LogP contribution < -0.4 is 15.4 Å². The number of sulfonamides is 1. The molecule has 6 aliphatic rings. The summed E-state index contributed by atoms with van der Waals surface area (Å²) >= 11 is 0. The Bertz CT molecular complexity index is 1810. The van der Waals surface area contributed by atoms with Crippen molar-refractivity contribution >= 4 is 21.3 Å². The molecule has 5 unspecified atom stereocenters. The van der Waals surface area contributed by atoms with Gasteiger partial charge in [-0.2, -0.15) is 4.72 Å². The maximum atomic E-state index is 14.0. The zero-order chi connectivity index (χ0) is 35.1. The summed E-state index contributed by atoms with van der Waals surface area (Å²) in [5.41, 5.74) is 6.64. The minimum atomic E-state index is -3.60. The first kappa shape index (κ1) is 34.7. The Morgan fingerprint density at radius 1 is 1.06 bits per heavy atom. The van der Waals surface area contributed by atoms with Crippen molar-refractivity contribution in [3.05, 3.63) is 58.6 Å². The highest BCUT2D eigenvalue weighted by molar-refractivity contribution is 7.90. The molecule has 2 saturated heterocycles. The fourth-order valence-electron chi connectivity index (χ4n) is 10.5. The Morgan fingerprint density at radius 3 is 2.54 bits per heavy atom. The molecule has 0 spiro atoms. The molecule has 1 aromatic carbocycles. The van der Waals surface area contributed by atoms with E-state index >= 15 is 0 Å². The predicted octanol–water partition coefficient (Wildman–Crippen LogP) is 6.33. The van der Waals surface area contributed by atoms with Gasteiger partial charge >= 0.3 is 0 Å². The summed E-state index contributed by atoms with van der Waals surface area (Å²) in [4.78, 5) is 12.4. The number of nitrogens with zero attached hydrogens (tertiary/aromatic N) is 3. The molecule has 0 radical (unpaired) electrons. The molecule has 3 N–H and O–H groups in total. The summed E-state index contributed by atoms with van der Waals surface area (Å²) in [6.07, 6.45) is 9.84. The first-order chi connectivity index (χ1) is 23.7. The fourth-order valence-corrected chi connectivity index (χ4v) is 12.1. The molecule has 4 aliphatic carbocycles. The lowest BCUT2D eigenvalue weighted by Gasteiger charge is -2.71. The van der Waals surface area contributed by atoms with Crippen LogP contribution in [0.4, 0.5) is 0 Å². The third-order valence-electron chi connectivity index (χ3n) is 12.5. The summed E-state index contributed by atoms with van der Waals surface area (Å²) in [5.74, 6) is 1.14. The van der Waals surface area contributed by atoms with Crippen LogP contribution in [0.5, 0.6) is 0 Å². The standard InChI is InChI=1S/C39H56N6O4S/c1-24-9-7-10-25(2)34(24)30-15-33-43-36(42-30)44-50(46,47)29-12-8-11-26(13-29)18-45(28(20-48-33)16-39-21-38(6,22-39)23-39)19-27-17-40-35-31(41-27)14-32(49-35)37(3,4)5/h7,9-10,14,17,26,28-30,33,36,42-44H,8,11-13,15-16,18-23H2,1-6H3/t26?,28-,29?,30?,33?,36?,38?,39?/m1/s1. The van der Waals surface area contributed by atoms with Crippen LogP contribution in [0.2, 0.25) is 0 Å². The molecule has 9 rings (SSSR count). The van der Waals surface area contributed by atoms with Gasteiger partial charge in [-0.15, -0.1) is 0 Å². The van der Waals surface area contributed by atoms with Crippen LogP contribution >= 0.6 is 0 Å². The Kier molecular flexibility index (Phi) is 8.75. The van der Waals surface area contributed by atoms with Gasteiger partial charge in [-0.3, -0.25) is 15.5 Å². The van der Waals surface area contributed by atoms with Crippen LogP contribution in [-0.2, 0) is 26.7 Å². The third kappa shape index (κ3) is 6.78. The van der Waals surface area contributed by atoms with Crippen molar-refractivity contribution in [2.24, 2.45) is 16.7 Å². The largest absolute Gasteiger partial charge is 0.441 e. The van der Waals surface area contributed by atoms with Gasteiger partial charge in [-0.1, -0.05) is 52.3 Å². The molecule has 50 heavy (non-hydrogen) atoms. The monoisotopic (exact) mass is 704 g/mol. The molecule has 0 amide bonds. The second-order valence-corrected chi connectivity index (χ2v) is 20.0. The minimum Gasteiger partial charge on any atom is -0.441 e. The van der Waals surface area contributed by atoms with E-state index in [-0.39, 0.29) is 29.6 Å². The van der Waals surface area contributed by atoms with Crippen molar-refractivity contribution in [2.45, 2.75) is 141 Å². The lowest BCUT2D eigenvalue weighted by molar-refractivity contribution is -0.207. The van der Waals surface area contributed by atoms with Gasteiger partial charge in [0.15, 0.2) is 0 Å². The number of fused-ring (bicyclic) bond motifs is 5. The van der Waals surface area contributed by atoms with E-state index in [9.17, 15) is 8.42 Å². The van der Waals surface area contributed by atoms with E-state index in [1.165, 1.54) is 36.0 Å². The number of rotatable bonds is 5. The van der Waals surface area contributed by atoms with Crippen molar-refractivity contribution < 1.29 is 17.6 Å². The molecule has 272 valence electrons. The quantitative estimate of drug-likeness (QED) is 0.280. The molecule has 6 bridgehead atoms. The lowest BCUT2D eigenvalue weighted by atomic mass is 9.35. The predicted molar refractivity (Wildman–Crippen MR) is 195 cm³/mol. The van der Waals surface area contributed by atoms with Crippen molar-refractivity contribution in [1.29, 1.82) is 0 Å². The molecule has 2 aliphatic heterocycles. The molecule has 4 saturated carbocycles. The summed E-state index contributed by atoms with van der Waals surface area (Å²) < 4.78 is 44.1. The van der Waals surface area contributed by atoms with Crippen LogP contribution in [-0.4, -0.2) is 60.2 Å². The highest BCUT2D eigenvalue weighted by Gasteiger charge is 2.65. The van der Waals surface area contributed by atoms with E-state index in [0.29, 0.717) is 49.0 Å². The minimum absolute atomic E-state index is 0.0542. The Hall–Kier alpha value is -2.41. The van der Waals surface area contributed by atoms with Crippen LogP contribution in [0, 0.1) is 30.6 Å². The average Bonchev–Trinajstić information content (AvgIpc) is 3.45. The number of aryl methyl sites for hydroxylation is 2. The number of hydrogen-bond donors (Lipinski definition) is 3. The molecule has 6 atom stereocenters. The maximum absolute atomic E-state index is 14.0. The van der Waals surface area contributed by atoms with E-state index in [2.05, 4.69) is 80.0 Å². The van der Waals surface area contributed by atoms with Crippen molar-refractivity contribution in [2.75, 3.05) is 13.2 Å². The molecule has 11 heteroatoms. The summed E-state index contributed by atoms with van der Waals surface area (Å²) in [6.45, 7) is 15.1. The molecule has 10 nitrogen and oxygen atoms in total. The van der Waals surface area contributed by atoms with E-state index in [1.54, 1.807) is 0 Å². The lowest BCUT2D eigenvalue weighted by Crippen LogP contribution is -2.64. The summed E-state index contributed by atoms with van der Waals surface area (Å²) in [5, 5.41) is 6.69. The second kappa shape index (κ2) is 12.6. The zero-order valence-electron chi connectivity index (χ0n) is 30.7. The van der Waals surface area contributed by atoms with Gasteiger partial charge in [0, 0.05) is 43.1 Å². The number of ether oxygens (including phenoxy) is 1. The first-order valence-electron chi connectivity index (χ1n) is 18.9. The first-order valence-corrected chi connectivity index (χ1v) is 20.4. The molecule has 2 aromatic heterocycles. The molecular weight excluding hydrogens is 649 g/mol. The van der Waals surface area contributed by atoms with Gasteiger partial charge in [0.1, 0.15) is 23.8 Å². The Balaban J connectivity index is 1.13. The number of furan rings is 1. The average molecular weight is 705 g/mol. The van der Waals surface area contributed by atoms with Crippen molar-refractivity contribution in [3.63, 3.8) is 0 Å². The van der Waals surface area contributed by atoms with Crippen LogP contribution in [0.25, 0.3) is 11.2 Å². The van der Waals surface area contributed by atoms with Gasteiger partial charge in [-0.05, 0) is 92.2 Å². The van der Waals surface area contributed by atoms with E-state index < -0.39 is 21.6 Å².